The van der Waals surface area contributed by atoms with Crippen molar-refractivity contribution in [3.05, 3.63) is 83.6 Å². The van der Waals surface area contributed by atoms with E-state index in [0.717, 1.165) is 29.6 Å². The van der Waals surface area contributed by atoms with E-state index in [4.69, 9.17) is 4.74 Å². The molecule has 5 rings (SSSR count). The normalized spacial score (nSPS) is 20.8. The molecule has 2 aliphatic rings. The number of hydrogen-bond donors (Lipinski definition) is 1. The third kappa shape index (κ3) is 2.41. The third-order valence-corrected chi connectivity index (χ3v) is 5.42. The van der Waals surface area contributed by atoms with Crippen molar-refractivity contribution in [3.8, 4) is 0 Å². The van der Waals surface area contributed by atoms with Crippen molar-refractivity contribution < 1.29 is 9.53 Å². The van der Waals surface area contributed by atoms with Gasteiger partial charge in [0, 0.05) is 16.6 Å². The number of hydrogen-bond acceptors (Lipinski definition) is 2. The molecule has 0 spiro atoms. The van der Waals surface area contributed by atoms with Crippen molar-refractivity contribution in [1.29, 1.82) is 0 Å². The molecule has 0 aliphatic carbocycles. The van der Waals surface area contributed by atoms with Gasteiger partial charge in [-0.2, -0.15) is 0 Å². The molecular formula is C22H20N2O2. The van der Waals surface area contributed by atoms with Gasteiger partial charge in [-0.1, -0.05) is 60.7 Å². The van der Waals surface area contributed by atoms with Crippen LogP contribution in [0.3, 0.4) is 0 Å². The van der Waals surface area contributed by atoms with E-state index in [1.165, 1.54) is 10.9 Å². The minimum absolute atomic E-state index is 0.0180. The van der Waals surface area contributed by atoms with E-state index in [0.29, 0.717) is 6.61 Å². The number of aromatic amines is 1. The molecule has 4 nitrogen and oxygen atoms in total. The summed E-state index contributed by atoms with van der Waals surface area (Å²) in [5.41, 5.74) is 4.64. The van der Waals surface area contributed by atoms with Crippen molar-refractivity contribution in [3.63, 3.8) is 0 Å². The Hall–Kier alpha value is -3.01. The Morgan fingerprint density at radius 1 is 1.12 bits per heavy atom. The monoisotopic (exact) mass is 344 g/mol. The zero-order valence-corrected chi connectivity index (χ0v) is 14.4. The molecule has 0 radical (unpaired) electrons. The molecule has 0 saturated heterocycles. The molecule has 0 saturated carbocycles. The fraction of sp³-hybridized carbons (Fsp3) is 0.227. The first-order valence-corrected chi connectivity index (χ1v) is 9.06. The fourth-order valence-electron chi connectivity index (χ4n) is 4.22. The number of fused-ring (bicyclic) bond motifs is 6. The van der Waals surface area contributed by atoms with Gasteiger partial charge in [0.15, 0.2) is 0 Å². The van der Waals surface area contributed by atoms with Crippen LogP contribution in [0.5, 0.6) is 0 Å². The number of H-pyrrole nitrogens is 1. The van der Waals surface area contributed by atoms with Gasteiger partial charge in [0.25, 0.3) is 0 Å². The lowest BCUT2D eigenvalue weighted by Crippen LogP contribution is -2.48. The predicted molar refractivity (Wildman–Crippen MR) is 101 cm³/mol. The molecular weight excluding hydrogens is 324 g/mol. The lowest BCUT2D eigenvalue weighted by Gasteiger charge is -2.42. The van der Waals surface area contributed by atoms with Crippen LogP contribution in [0.15, 0.2) is 66.7 Å². The summed E-state index contributed by atoms with van der Waals surface area (Å²) >= 11 is 0. The Morgan fingerprint density at radius 2 is 1.92 bits per heavy atom. The van der Waals surface area contributed by atoms with E-state index in [1.807, 2.05) is 41.3 Å². The highest BCUT2D eigenvalue weighted by Crippen LogP contribution is 2.41. The fourth-order valence-corrected chi connectivity index (χ4v) is 4.22. The minimum Gasteiger partial charge on any atom is -0.445 e. The number of ether oxygens (including phenoxy) is 1. The van der Waals surface area contributed by atoms with Gasteiger partial charge < -0.3 is 9.72 Å². The molecule has 2 aromatic carbocycles. The number of aromatic nitrogens is 1. The van der Waals surface area contributed by atoms with Crippen LogP contribution in [0.4, 0.5) is 4.79 Å². The van der Waals surface area contributed by atoms with Gasteiger partial charge in [0.1, 0.15) is 6.61 Å². The summed E-state index contributed by atoms with van der Waals surface area (Å²) in [6.07, 6.45) is 5.73. The third-order valence-electron chi connectivity index (χ3n) is 5.42. The molecule has 2 bridgehead atoms. The van der Waals surface area contributed by atoms with E-state index in [1.54, 1.807) is 0 Å². The lowest BCUT2D eigenvalue weighted by molar-refractivity contribution is 0.0607. The molecule has 2 aliphatic heterocycles. The Labute approximate surface area is 152 Å². The first-order valence-electron chi connectivity index (χ1n) is 9.06. The standard InChI is InChI=1S/C22H20N2O2/c25-22(26-14-15-7-2-1-3-8-15)24-16-9-6-12-20(24)21-18(13-16)17-10-4-5-11-19(17)23-21/h1-11,16,20,23H,12-14H2/t16-,20+/m1/s1. The van der Waals surface area contributed by atoms with E-state index in [-0.39, 0.29) is 18.2 Å². The van der Waals surface area contributed by atoms with Crippen molar-refractivity contribution >= 4 is 17.0 Å². The Balaban J connectivity index is 1.44. The molecule has 1 amide bonds. The van der Waals surface area contributed by atoms with Gasteiger partial charge in [0.2, 0.25) is 0 Å². The Kier molecular flexibility index (Phi) is 3.56. The van der Waals surface area contributed by atoms with Crippen LogP contribution in [-0.2, 0) is 17.8 Å². The highest BCUT2D eigenvalue weighted by molar-refractivity contribution is 5.86. The molecule has 130 valence electrons. The Bertz CT molecular complexity index is 990. The summed E-state index contributed by atoms with van der Waals surface area (Å²) in [7, 11) is 0. The summed E-state index contributed by atoms with van der Waals surface area (Å²) in [5, 5.41) is 1.27. The Morgan fingerprint density at radius 3 is 2.81 bits per heavy atom. The van der Waals surface area contributed by atoms with Crippen molar-refractivity contribution in [2.75, 3.05) is 0 Å². The maximum Gasteiger partial charge on any atom is 0.411 e. The SMILES string of the molecule is O=C(OCc1ccccc1)N1[C@@H]2C=CC[C@H]1c1[nH]c3ccccc3c1C2. The highest BCUT2D eigenvalue weighted by Gasteiger charge is 2.40. The van der Waals surface area contributed by atoms with Crippen LogP contribution < -0.4 is 0 Å². The van der Waals surface area contributed by atoms with Crippen LogP contribution in [-0.4, -0.2) is 22.0 Å². The van der Waals surface area contributed by atoms with Gasteiger partial charge in [-0.15, -0.1) is 0 Å². The number of carbonyl (C=O) groups excluding carboxylic acids is 1. The van der Waals surface area contributed by atoms with Gasteiger partial charge in [-0.05, 0) is 30.0 Å². The number of amides is 1. The van der Waals surface area contributed by atoms with Gasteiger partial charge in [-0.3, -0.25) is 4.90 Å². The number of carbonyl (C=O) groups is 1. The van der Waals surface area contributed by atoms with Crippen molar-refractivity contribution in [2.24, 2.45) is 0 Å². The first kappa shape index (κ1) is 15.3. The molecule has 0 unspecified atom stereocenters. The summed E-state index contributed by atoms with van der Waals surface area (Å²) in [6.45, 7) is 0.304. The minimum atomic E-state index is -0.238. The first-order chi connectivity index (χ1) is 12.8. The number of nitrogens with zero attached hydrogens (tertiary/aromatic N) is 1. The zero-order valence-electron chi connectivity index (χ0n) is 14.4. The largest absolute Gasteiger partial charge is 0.445 e. The van der Waals surface area contributed by atoms with Gasteiger partial charge >= 0.3 is 6.09 Å². The molecule has 4 heteroatoms. The predicted octanol–water partition coefficient (Wildman–Crippen LogP) is 4.73. The second kappa shape index (κ2) is 6.06. The average molecular weight is 344 g/mol. The van der Waals surface area contributed by atoms with E-state index in [9.17, 15) is 4.79 Å². The maximum atomic E-state index is 12.9. The molecule has 3 heterocycles. The van der Waals surface area contributed by atoms with Crippen LogP contribution in [0.1, 0.15) is 29.3 Å². The van der Waals surface area contributed by atoms with Crippen LogP contribution in [0.25, 0.3) is 10.9 Å². The topological polar surface area (TPSA) is 45.3 Å². The number of nitrogens with one attached hydrogen (secondary N) is 1. The summed E-state index contributed by atoms with van der Waals surface area (Å²) < 4.78 is 5.63. The van der Waals surface area contributed by atoms with Gasteiger partial charge in [0.05, 0.1) is 12.1 Å². The summed E-state index contributed by atoms with van der Waals surface area (Å²) in [6, 6.07) is 18.3. The van der Waals surface area contributed by atoms with Crippen LogP contribution >= 0.6 is 0 Å². The zero-order chi connectivity index (χ0) is 17.5. The molecule has 3 aromatic rings. The second-order valence-corrected chi connectivity index (χ2v) is 6.96. The average Bonchev–Trinajstić information content (AvgIpc) is 3.05. The van der Waals surface area contributed by atoms with E-state index >= 15 is 0 Å². The smallest absolute Gasteiger partial charge is 0.411 e. The van der Waals surface area contributed by atoms with Crippen LogP contribution in [0.2, 0.25) is 0 Å². The molecule has 1 N–H and O–H groups in total. The number of rotatable bonds is 2. The summed E-state index contributed by atoms with van der Waals surface area (Å²) in [4.78, 5) is 18.3. The maximum absolute atomic E-state index is 12.9. The second-order valence-electron chi connectivity index (χ2n) is 6.96. The lowest BCUT2D eigenvalue weighted by atomic mass is 9.87. The van der Waals surface area contributed by atoms with E-state index < -0.39 is 0 Å². The molecule has 26 heavy (non-hydrogen) atoms. The van der Waals surface area contributed by atoms with Crippen molar-refractivity contribution in [2.45, 2.75) is 31.5 Å². The molecule has 0 fully saturated rings. The molecule has 1 aromatic heterocycles. The van der Waals surface area contributed by atoms with Crippen LogP contribution in [0, 0.1) is 0 Å². The highest BCUT2D eigenvalue weighted by atomic mass is 16.6. The van der Waals surface area contributed by atoms with Gasteiger partial charge in [-0.25, -0.2) is 4.79 Å². The number of benzene rings is 2. The number of para-hydroxylation sites is 1. The van der Waals surface area contributed by atoms with Crippen molar-refractivity contribution in [1.82, 2.24) is 9.88 Å². The van der Waals surface area contributed by atoms with E-state index in [2.05, 4.69) is 35.3 Å². The molecule has 2 atom stereocenters. The quantitative estimate of drug-likeness (QED) is 0.683. The summed E-state index contributed by atoms with van der Waals surface area (Å²) in [5.74, 6) is 0.